The topological polar surface area (TPSA) is 62.4 Å². The van der Waals surface area contributed by atoms with Crippen LogP contribution in [0.1, 0.15) is 44.1 Å². The van der Waals surface area contributed by atoms with Crippen LogP contribution in [0.2, 0.25) is 0 Å². The van der Waals surface area contributed by atoms with Gasteiger partial charge in [0, 0.05) is 6.42 Å². The molecule has 0 fully saturated rings. The van der Waals surface area contributed by atoms with Crippen molar-refractivity contribution in [3.05, 3.63) is 27.9 Å². The summed E-state index contributed by atoms with van der Waals surface area (Å²) in [6.45, 7) is 4.13. The summed E-state index contributed by atoms with van der Waals surface area (Å²) in [7, 11) is 0. The number of H-pyrrole nitrogens is 1. The van der Waals surface area contributed by atoms with E-state index < -0.39 is 0 Å². The maximum absolute atomic E-state index is 12.3. The highest BCUT2D eigenvalue weighted by atomic mass is 16.5. The Kier molecular flexibility index (Phi) is 3.79. The minimum Gasteiger partial charge on any atom is -0.466 e. The Labute approximate surface area is 106 Å². The molecule has 1 aliphatic heterocycles. The van der Waals surface area contributed by atoms with Crippen molar-refractivity contribution in [1.29, 1.82) is 0 Å². The van der Waals surface area contributed by atoms with Crippen LogP contribution in [0.15, 0.2) is 11.0 Å². The third-order valence-electron chi connectivity index (χ3n) is 3.31. The molecule has 5 nitrogen and oxygen atoms in total. The summed E-state index contributed by atoms with van der Waals surface area (Å²) in [4.78, 5) is 26.9. The molecular formula is C13H19N2O3+. The van der Waals surface area contributed by atoms with Gasteiger partial charge in [-0.2, -0.15) is 4.57 Å². The standard InChI is InChI=1S/C13H18N2O3/c1-3-18-12(16)7-10-8-14-11-6-4-5-9(2)15(11)13(10)17/h8-9H,3-7H2,1-2H3/p+1. The van der Waals surface area contributed by atoms with Crippen molar-refractivity contribution in [2.24, 2.45) is 0 Å². The molecular weight excluding hydrogens is 232 g/mol. The van der Waals surface area contributed by atoms with E-state index in [9.17, 15) is 9.59 Å². The average Bonchev–Trinajstić information content (AvgIpc) is 2.33. The van der Waals surface area contributed by atoms with E-state index in [0.29, 0.717) is 12.2 Å². The van der Waals surface area contributed by atoms with Crippen molar-refractivity contribution in [2.45, 2.75) is 45.6 Å². The van der Waals surface area contributed by atoms with E-state index in [-0.39, 0.29) is 24.0 Å². The van der Waals surface area contributed by atoms with Gasteiger partial charge in [0.1, 0.15) is 6.04 Å². The second kappa shape index (κ2) is 5.33. The van der Waals surface area contributed by atoms with Crippen LogP contribution in [0.5, 0.6) is 0 Å². The van der Waals surface area contributed by atoms with Crippen LogP contribution in [-0.2, 0) is 22.4 Å². The molecule has 0 spiro atoms. The molecule has 1 N–H and O–H groups in total. The van der Waals surface area contributed by atoms with Gasteiger partial charge >= 0.3 is 11.5 Å². The number of carbonyl (C=O) groups is 1. The molecule has 0 saturated carbocycles. The highest BCUT2D eigenvalue weighted by molar-refractivity contribution is 5.72. The number of aromatic nitrogens is 2. The number of nitrogens with zero attached hydrogens (tertiary/aromatic N) is 1. The zero-order valence-corrected chi connectivity index (χ0v) is 10.9. The Morgan fingerprint density at radius 1 is 1.61 bits per heavy atom. The number of aryl methyl sites for hydroxylation is 1. The van der Waals surface area contributed by atoms with E-state index in [1.165, 1.54) is 0 Å². The summed E-state index contributed by atoms with van der Waals surface area (Å²) in [5.74, 6) is 0.596. The van der Waals surface area contributed by atoms with E-state index in [1.807, 2.05) is 6.92 Å². The van der Waals surface area contributed by atoms with E-state index in [1.54, 1.807) is 17.7 Å². The Balaban J connectivity index is 2.31. The van der Waals surface area contributed by atoms with Gasteiger partial charge < -0.3 is 4.74 Å². The quantitative estimate of drug-likeness (QED) is 0.742. The summed E-state index contributed by atoms with van der Waals surface area (Å²) < 4.78 is 6.65. The number of hydrogen-bond donors (Lipinski definition) is 0. The fourth-order valence-electron chi connectivity index (χ4n) is 2.43. The minimum atomic E-state index is -0.355. The monoisotopic (exact) mass is 251 g/mol. The molecule has 1 aromatic heterocycles. The molecule has 0 bridgehead atoms. The van der Waals surface area contributed by atoms with Crippen LogP contribution in [0, 0.1) is 0 Å². The molecule has 1 aliphatic rings. The first-order valence-electron chi connectivity index (χ1n) is 6.44. The van der Waals surface area contributed by atoms with Crippen molar-refractivity contribution < 1.29 is 14.5 Å². The van der Waals surface area contributed by atoms with Crippen molar-refractivity contribution >= 4 is 5.97 Å². The predicted octanol–water partition coefficient (Wildman–Crippen LogP) is 0.665. The van der Waals surface area contributed by atoms with Crippen LogP contribution >= 0.6 is 0 Å². The lowest BCUT2D eigenvalue weighted by Crippen LogP contribution is -2.39. The predicted molar refractivity (Wildman–Crippen MR) is 65.2 cm³/mol. The maximum atomic E-state index is 12.3. The summed E-state index contributed by atoms with van der Waals surface area (Å²) in [6, 6.07) is 0.194. The molecule has 1 aromatic rings. The zero-order valence-electron chi connectivity index (χ0n) is 10.9. The molecule has 98 valence electrons. The Hall–Kier alpha value is -1.65. The lowest BCUT2D eigenvalue weighted by atomic mass is 10.0. The number of hydrogen-bond acceptors (Lipinski definition) is 3. The first kappa shape index (κ1) is 12.8. The molecule has 2 rings (SSSR count). The summed E-state index contributed by atoms with van der Waals surface area (Å²) >= 11 is 0. The number of rotatable bonds is 3. The third kappa shape index (κ3) is 2.44. The van der Waals surface area contributed by atoms with Gasteiger partial charge in [-0.15, -0.1) is 0 Å². The fraction of sp³-hybridized carbons (Fsp3) is 0.615. The second-order valence-corrected chi connectivity index (χ2v) is 4.66. The smallest absolute Gasteiger partial charge is 0.341 e. The summed E-state index contributed by atoms with van der Waals surface area (Å²) in [5, 5.41) is 0. The van der Waals surface area contributed by atoms with E-state index in [0.717, 1.165) is 25.1 Å². The number of fused-ring (bicyclic) bond motifs is 1. The maximum Gasteiger partial charge on any atom is 0.341 e. The van der Waals surface area contributed by atoms with Gasteiger partial charge in [0.05, 0.1) is 24.8 Å². The molecule has 0 aliphatic carbocycles. The van der Waals surface area contributed by atoms with Gasteiger partial charge in [0.15, 0.2) is 0 Å². The van der Waals surface area contributed by atoms with Gasteiger partial charge in [-0.3, -0.25) is 9.78 Å². The van der Waals surface area contributed by atoms with Crippen LogP contribution in [0.3, 0.4) is 0 Å². The molecule has 1 atom stereocenters. The molecule has 0 radical (unpaired) electrons. The average molecular weight is 251 g/mol. The molecule has 1 unspecified atom stereocenters. The second-order valence-electron chi connectivity index (χ2n) is 4.66. The molecule has 0 amide bonds. The van der Waals surface area contributed by atoms with E-state index in [4.69, 9.17) is 4.74 Å². The lowest BCUT2D eigenvalue weighted by molar-refractivity contribution is -0.402. The largest absolute Gasteiger partial charge is 0.466 e. The Morgan fingerprint density at radius 2 is 2.39 bits per heavy atom. The van der Waals surface area contributed by atoms with Crippen molar-refractivity contribution in [3.8, 4) is 0 Å². The SMILES string of the molecule is CCOC(=O)Cc1c[nH+]c2n(c1=O)C(C)CCC2. The van der Waals surface area contributed by atoms with Crippen LogP contribution in [-0.4, -0.2) is 17.1 Å². The normalized spacial score (nSPS) is 18.2. The van der Waals surface area contributed by atoms with Gasteiger partial charge in [-0.25, -0.2) is 4.79 Å². The molecule has 0 saturated heterocycles. The highest BCUT2D eigenvalue weighted by Gasteiger charge is 2.26. The molecule has 0 aromatic carbocycles. The van der Waals surface area contributed by atoms with Crippen LogP contribution < -0.4 is 10.5 Å². The number of esters is 1. The number of ether oxygens (including phenoxy) is 1. The van der Waals surface area contributed by atoms with Gasteiger partial charge in [-0.05, 0) is 26.7 Å². The highest BCUT2D eigenvalue weighted by Crippen LogP contribution is 2.19. The third-order valence-corrected chi connectivity index (χ3v) is 3.31. The minimum absolute atomic E-state index is 0.0379. The lowest BCUT2D eigenvalue weighted by Gasteiger charge is -2.17. The Bertz CT molecular complexity index is 507. The van der Waals surface area contributed by atoms with E-state index >= 15 is 0 Å². The first-order valence-corrected chi connectivity index (χ1v) is 6.44. The number of aromatic amines is 1. The first-order chi connectivity index (χ1) is 8.63. The van der Waals surface area contributed by atoms with Crippen molar-refractivity contribution in [2.75, 3.05) is 6.61 Å². The van der Waals surface area contributed by atoms with Crippen molar-refractivity contribution in [3.63, 3.8) is 0 Å². The van der Waals surface area contributed by atoms with Gasteiger partial charge in [0.25, 0.3) is 5.82 Å². The number of carbonyl (C=O) groups excluding carboxylic acids is 1. The molecule has 18 heavy (non-hydrogen) atoms. The van der Waals surface area contributed by atoms with E-state index in [2.05, 4.69) is 4.98 Å². The fourth-order valence-corrected chi connectivity index (χ4v) is 2.43. The summed E-state index contributed by atoms with van der Waals surface area (Å²) in [6.07, 6.45) is 4.66. The zero-order chi connectivity index (χ0) is 13.1. The van der Waals surface area contributed by atoms with Gasteiger partial charge in [0.2, 0.25) is 0 Å². The Morgan fingerprint density at radius 3 is 3.11 bits per heavy atom. The van der Waals surface area contributed by atoms with Crippen molar-refractivity contribution in [1.82, 2.24) is 4.57 Å². The summed E-state index contributed by atoms with van der Waals surface area (Å²) in [5.41, 5.74) is 0.412. The van der Waals surface area contributed by atoms with Crippen LogP contribution in [0.4, 0.5) is 0 Å². The number of nitrogens with one attached hydrogen (secondary N) is 1. The molecule has 5 heteroatoms. The van der Waals surface area contributed by atoms with Gasteiger partial charge in [-0.1, -0.05) is 0 Å². The van der Waals surface area contributed by atoms with Crippen LogP contribution in [0.25, 0.3) is 0 Å². The molecule has 2 heterocycles.